The van der Waals surface area contributed by atoms with Gasteiger partial charge in [0.25, 0.3) is 0 Å². The van der Waals surface area contributed by atoms with Crippen molar-refractivity contribution in [3.63, 3.8) is 0 Å². The highest BCUT2D eigenvalue weighted by Crippen LogP contribution is 2.45. The summed E-state index contributed by atoms with van der Waals surface area (Å²) in [5.41, 5.74) is 9.05. The van der Waals surface area contributed by atoms with Crippen LogP contribution in [0.4, 0.5) is 0 Å². The number of benzene rings is 1. The predicted octanol–water partition coefficient (Wildman–Crippen LogP) is 2.93. The van der Waals surface area contributed by atoms with Crippen molar-refractivity contribution in [1.82, 2.24) is 10.2 Å². The third kappa shape index (κ3) is 2.13. The summed E-state index contributed by atoms with van der Waals surface area (Å²) in [5, 5.41) is 16.9. The van der Waals surface area contributed by atoms with Gasteiger partial charge in [-0.05, 0) is 5.56 Å². The number of aromatic amines is 1. The summed E-state index contributed by atoms with van der Waals surface area (Å²) in [7, 11) is 0. The molecule has 1 aromatic carbocycles. The predicted molar refractivity (Wildman–Crippen MR) is 83.0 cm³/mol. The molecule has 0 saturated heterocycles. The number of nitrogens with one attached hydrogen (secondary N) is 1. The molecule has 22 heavy (non-hydrogen) atoms. The van der Waals surface area contributed by atoms with Crippen molar-refractivity contribution in [2.45, 2.75) is 32.1 Å². The fraction of sp³-hybridized carbons (Fsp3) is 0.294. The van der Waals surface area contributed by atoms with E-state index in [0.29, 0.717) is 11.5 Å². The molecule has 1 atom stereocenters. The maximum atomic E-state index is 9.55. The Morgan fingerprint density at radius 3 is 2.55 bits per heavy atom. The molecular formula is C17H18N4O. The Morgan fingerprint density at radius 1 is 1.27 bits per heavy atom. The van der Waals surface area contributed by atoms with Gasteiger partial charge in [-0.25, -0.2) is 0 Å². The molecule has 5 heteroatoms. The number of allylic oxidation sites excluding steroid dienone is 1. The van der Waals surface area contributed by atoms with Gasteiger partial charge in [0, 0.05) is 11.1 Å². The lowest BCUT2D eigenvalue weighted by atomic mass is 9.79. The van der Waals surface area contributed by atoms with E-state index in [1.807, 2.05) is 30.3 Å². The molecule has 5 nitrogen and oxygen atoms in total. The number of nitriles is 1. The maximum Gasteiger partial charge on any atom is 0.244 e. The molecule has 1 unspecified atom stereocenters. The molecule has 2 heterocycles. The quantitative estimate of drug-likeness (QED) is 0.846. The minimum atomic E-state index is -0.261. The Balaban J connectivity index is 2.27. The topological polar surface area (TPSA) is 87.7 Å². The fourth-order valence-corrected chi connectivity index (χ4v) is 2.80. The van der Waals surface area contributed by atoms with Crippen LogP contribution in [0.1, 0.15) is 43.5 Å². The highest BCUT2D eigenvalue weighted by molar-refractivity contribution is 5.56. The molecule has 112 valence electrons. The van der Waals surface area contributed by atoms with Crippen molar-refractivity contribution in [3.05, 3.63) is 58.6 Å². The number of rotatable bonds is 1. The highest BCUT2D eigenvalue weighted by Gasteiger charge is 2.37. The number of hydrogen-bond donors (Lipinski definition) is 2. The van der Waals surface area contributed by atoms with Crippen LogP contribution in [0.15, 0.2) is 41.8 Å². The monoisotopic (exact) mass is 294 g/mol. The maximum absolute atomic E-state index is 9.55. The number of H-pyrrole nitrogens is 1. The molecule has 0 spiro atoms. The number of ether oxygens (including phenoxy) is 1. The number of nitrogens with two attached hydrogens (primary N) is 1. The van der Waals surface area contributed by atoms with E-state index in [9.17, 15) is 5.26 Å². The van der Waals surface area contributed by atoms with E-state index < -0.39 is 0 Å². The third-order valence-electron chi connectivity index (χ3n) is 3.82. The lowest BCUT2D eigenvalue weighted by molar-refractivity contribution is 0.378. The van der Waals surface area contributed by atoms with Gasteiger partial charge in [0.1, 0.15) is 11.6 Å². The Hall–Kier alpha value is -2.74. The van der Waals surface area contributed by atoms with Crippen LogP contribution in [-0.2, 0) is 5.41 Å². The van der Waals surface area contributed by atoms with E-state index in [4.69, 9.17) is 10.5 Å². The molecular weight excluding hydrogens is 276 g/mol. The molecule has 0 amide bonds. The minimum absolute atomic E-state index is 0.121. The lowest BCUT2D eigenvalue weighted by Crippen LogP contribution is -2.23. The minimum Gasteiger partial charge on any atom is -0.420 e. The molecule has 1 aliphatic rings. The SMILES string of the molecule is CC(C)(C)c1[nH]nc2c1C(c1ccccc1)C(C#N)=C(N)O2. The fourth-order valence-electron chi connectivity index (χ4n) is 2.80. The second-order valence-corrected chi connectivity index (χ2v) is 6.40. The van der Waals surface area contributed by atoms with E-state index >= 15 is 0 Å². The van der Waals surface area contributed by atoms with Crippen LogP contribution in [0.2, 0.25) is 0 Å². The van der Waals surface area contributed by atoms with Crippen LogP contribution in [-0.4, -0.2) is 10.2 Å². The Bertz CT molecular complexity index is 775. The third-order valence-corrected chi connectivity index (χ3v) is 3.82. The van der Waals surface area contributed by atoms with Gasteiger partial charge in [-0.3, -0.25) is 5.10 Å². The van der Waals surface area contributed by atoms with Crippen LogP contribution in [0.5, 0.6) is 5.88 Å². The van der Waals surface area contributed by atoms with E-state index in [-0.39, 0.29) is 17.2 Å². The smallest absolute Gasteiger partial charge is 0.244 e. The first-order chi connectivity index (χ1) is 10.4. The number of hydrogen-bond acceptors (Lipinski definition) is 4. The Morgan fingerprint density at radius 2 is 1.95 bits per heavy atom. The van der Waals surface area contributed by atoms with Crippen LogP contribution in [0.3, 0.4) is 0 Å². The van der Waals surface area contributed by atoms with Gasteiger partial charge < -0.3 is 10.5 Å². The van der Waals surface area contributed by atoms with Crippen molar-refractivity contribution in [2.24, 2.45) is 5.73 Å². The van der Waals surface area contributed by atoms with Crippen molar-refractivity contribution < 1.29 is 4.74 Å². The zero-order valence-electron chi connectivity index (χ0n) is 12.8. The largest absolute Gasteiger partial charge is 0.420 e. The molecule has 0 bridgehead atoms. The van der Waals surface area contributed by atoms with E-state index in [0.717, 1.165) is 16.8 Å². The van der Waals surface area contributed by atoms with E-state index in [1.54, 1.807) is 0 Å². The van der Waals surface area contributed by atoms with Crippen molar-refractivity contribution in [2.75, 3.05) is 0 Å². The van der Waals surface area contributed by atoms with Gasteiger partial charge in [0.2, 0.25) is 11.8 Å². The summed E-state index contributed by atoms with van der Waals surface area (Å²) < 4.78 is 5.56. The van der Waals surface area contributed by atoms with E-state index in [2.05, 4.69) is 37.0 Å². The molecule has 0 radical (unpaired) electrons. The normalized spacial score (nSPS) is 17.6. The van der Waals surface area contributed by atoms with Crippen molar-refractivity contribution in [3.8, 4) is 11.9 Å². The van der Waals surface area contributed by atoms with Crippen LogP contribution in [0.25, 0.3) is 0 Å². The number of nitrogens with zero attached hydrogens (tertiary/aromatic N) is 2. The standard InChI is InChI=1S/C17H18N4O/c1-17(2,3)14-13-12(10-7-5-4-6-8-10)11(9-18)15(19)22-16(13)21-20-14/h4-8,12H,19H2,1-3H3,(H,20,21). The Labute approximate surface area is 129 Å². The van der Waals surface area contributed by atoms with Crippen LogP contribution < -0.4 is 10.5 Å². The van der Waals surface area contributed by atoms with Gasteiger partial charge in [-0.2, -0.15) is 5.26 Å². The summed E-state index contributed by atoms with van der Waals surface area (Å²) in [5.74, 6) is 0.314. The first-order valence-corrected chi connectivity index (χ1v) is 7.14. The van der Waals surface area contributed by atoms with Crippen LogP contribution >= 0.6 is 0 Å². The average molecular weight is 294 g/mol. The van der Waals surface area contributed by atoms with Gasteiger partial charge in [0.15, 0.2) is 0 Å². The molecule has 1 aromatic heterocycles. The molecule has 2 aromatic rings. The summed E-state index contributed by atoms with van der Waals surface area (Å²) >= 11 is 0. The Kier molecular flexibility index (Phi) is 3.18. The van der Waals surface area contributed by atoms with Crippen LogP contribution in [0, 0.1) is 11.3 Å². The average Bonchev–Trinajstić information content (AvgIpc) is 2.90. The van der Waals surface area contributed by atoms with Gasteiger partial charge in [0.05, 0.1) is 11.5 Å². The second kappa shape index (κ2) is 4.92. The summed E-state index contributed by atoms with van der Waals surface area (Å²) in [6, 6.07) is 12.0. The van der Waals surface area contributed by atoms with Crippen molar-refractivity contribution >= 4 is 0 Å². The number of fused-ring (bicyclic) bond motifs is 1. The first kappa shape index (κ1) is 14.2. The molecule has 0 saturated carbocycles. The van der Waals surface area contributed by atoms with Gasteiger partial charge in [-0.1, -0.05) is 51.1 Å². The zero-order valence-corrected chi connectivity index (χ0v) is 12.8. The molecule has 3 rings (SSSR count). The van der Waals surface area contributed by atoms with E-state index in [1.165, 1.54) is 0 Å². The first-order valence-electron chi connectivity index (χ1n) is 7.14. The molecule has 0 aliphatic carbocycles. The molecule has 3 N–H and O–H groups in total. The second-order valence-electron chi connectivity index (χ2n) is 6.40. The molecule has 1 aliphatic heterocycles. The summed E-state index contributed by atoms with van der Waals surface area (Å²) in [6.07, 6.45) is 0. The van der Waals surface area contributed by atoms with Crippen molar-refractivity contribution in [1.29, 1.82) is 5.26 Å². The zero-order chi connectivity index (χ0) is 15.9. The van der Waals surface area contributed by atoms with Gasteiger partial charge >= 0.3 is 0 Å². The highest BCUT2D eigenvalue weighted by atomic mass is 16.5. The number of aromatic nitrogens is 2. The lowest BCUT2D eigenvalue weighted by Gasteiger charge is -2.27. The summed E-state index contributed by atoms with van der Waals surface area (Å²) in [6.45, 7) is 6.28. The van der Waals surface area contributed by atoms with Gasteiger partial charge in [-0.15, -0.1) is 5.10 Å². The molecule has 0 fully saturated rings. The summed E-state index contributed by atoms with van der Waals surface area (Å²) in [4.78, 5) is 0.